The van der Waals surface area contributed by atoms with E-state index >= 15 is 0 Å². The number of carboxylic acids is 1. The van der Waals surface area contributed by atoms with E-state index in [-0.39, 0.29) is 28.5 Å². The molecule has 0 aliphatic heterocycles. The van der Waals surface area contributed by atoms with Crippen LogP contribution in [0.2, 0.25) is 0 Å². The minimum atomic E-state index is -1.13. The van der Waals surface area contributed by atoms with Gasteiger partial charge in [-0.25, -0.2) is 18.3 Å². The van der Waals surface area contributed by atoms with Gasteiger partial charge in [0.15, 0.2) is 11.1 Å². The van der Waals surface area contributed by atoms with E-state index in [2.05, 4.69) is 10.1 Å². The van der Waals surface area contributed by atoms with Crippen LogP contribution in [0.3, 0.4) is 0 Å². The van der Waals surface area contributed by atoms with Crippen LogP contribution in [-0.2, 0) is 4.79 Å². The first-order valence-electron chi connectivity index (χ1n) is 7.56. The SMILES string of the molecule is C[C@@H](C/C(O)=c1\c(=O)cc(-c2cc(F)cc(F)c2)n2ncnc12)C(=O)O. The number of halogens is 2. The molecule has 3 rings (SSSR count). The minimum absolute atomic E-state index is 0.0349. The van der Waals surface area contributed by atoms with Crippen LogP contribution >= 0.6 is 0 Å². The molecule has 0 unspecified atom stereocenters. The lowest BCUT2D eigenvalue weighted by molar-refractivity contribution is -0.141. The third kappa shape index (κ3) is 3.10. The fourth-order valence-electron chi connectivity index (χ4n) is 2.61. The van der Waals surface area contributed by atoms with Crippen molar-refractivity contribution >= 4 is 17.4 Å². The fraction of sp³-hybridized carbons (Fsp3) is 0.176. The minimum Gasteiger partial charge on any atom is -0.511 e. The predicted octanol–water partition coefficient (Wildman–Crippen LogP) is 1.53. The van der Waals surface area contributed by atoms with Gasteiger partial charge in [-0.2, -0.15) is 5.10 Å². The molecule has 0 amide bonds. The van der Waals surface area contributed by atoms with Crippen LogP contribution in [0.25, 0.3) is 22.7 Å². The average Bonchev–Trinajstić information content (AvgIpc) is 3.01. The molecule has 2 aromatic heterocycles. The number of aliphatic hydroxyl groups is 1. The zero-order valence-electron chi connectivity index (χ0n) is 13.5. The summed E-state index contributed by atoms with van der Waals surface area (Å²) in [5, 5.41) is 22.9. The van der Waals surface area contributed by atoms with E-state index in [0.717, 1.165) is 29.0 Å². The first-order valence-corrected chi connectivity index (χ1v) is 7.56. The molecule has 2 N–H and O–H groups in total. The highest BCUT2D eigenvalue weighted by Crippen LogP contribution is 2.20. The van der Waals surface area contributed by atoms with Gasteiger partial charge < -0.3 is 10.2 Å². The number of hydrogen-bond acceptors (Lipinski definition) is 5. The molecular formula is C17H13F2N3O4. The van der Waals surface area contributed by atoms with E-state index in [0.29, 0.717) is 6.07 Å². The number of aliphatic hydroxyl groups excluding tert-OH is 1. The Hall–Kier alpha value is -3.36. The highest BCUT2D eigenvalue weighted by molar-refractivity contribution is 5.71. The van der Waals surface area contributed by atoms with Gasteiger partial charge >= 0.3 is 5.97 Å². The Morgan fingerprint density at radius 2 is 1.85 bits per heavy atom. The predicted molar refractivity (Wildman–Crippen MR) is 87.3 cm³/mol. The molecule has 2 heterocycles. The van der Waals surface area contributed by atoms with Gasteiger partial charge in [0.2, 0.25) is 0 Å². The molecule has 3 aromatic rings. The van der Waals surface area contributed by atoms with E-state index < -0.39 is 34.7 Å². The fourth-order valence-corrected chi connectivity index (χ4v) is 2.61. The molecule has 1 aromatic carbocycles. The molecule has 9 heteroatoms. The smallest absolute Gasteiger partial charge is 0.306 e. The maximum atomic E-state index is 13.5. The Bertz CT molecular complexity index is 1110. The molecule has 26 heavy (non-hydrogen) atoms. The monoisotopic (exact) mass is 361 g/mol. The number of aromatic nitrogens is 3. The average molecular weight is 361 g/mol. The second-order valence-electron chi connectivity index (χ2n) is 5.81. The van der Waals surface area contributed by atoms with E-state index in [4.69, 9.17) is 5.11 Å². The lowest BCUT2D eigenvalue weighted by atomic mass is 10.1. The normalized spacial score (nSPS) is 13.7. The number of nitrogens with zero attached hydrogens (tertiary/aromatic N) is 3. The molecule has 0 saturated carbocycles. The summed E-state index contributed by atoms with van der Waals surface area (Å²) < 4.78 is 28.2. The Balaban J connectivity index is 2.28. The van der Waals surface area contributed by atoms with Gasteiger partial charge in [0.25, 0.3) is 0 Å². The van der Waals surface area contributed by atoms with Crippen LogP contribution in [0, 0.1) is 17.6 Å². The summed E-state index contributed by atoms with van der Waals surface area (Å²) in [6, 6.07) is 3.83. The lowest BCUT2D eigenvalue weighted by Gasteiger charge is -2.08. The van der Waals surface area contributed by atoms with E-state index in [9.17, 15) is 23.5 Å². The summed E-state index contributed by atoms with van der Waals surface area (Å²) in [6.45, 7) is 1.38. The van der Waals surface area contributed by atoms with Crippen molar-refractivity contribution in [3.63, 3.8) is 0 Å². The number of fused-ring (bicyclic) bond motifs is 1. The van der Waals surface area contributed by atoms with Gasteiger partial charge in [0.05, 0.1) is 11.6 Å². The van der Waals surface area contributed by atoms with Gasteiger partial charge in [-0.05, 0) is 12.1 Å². The number of pyridine rings is 1. The molecule has 0 aliphatic carbocycles. The first-order chi connectivity index (χ1) is 12.3. The van der Waals surface area contributed by atoms with Crippen molar-refractivity contribution in [2.24, 2.45) is 5.92 Å². The topological polar surface area (TPSA) is 105 Å². The van der Waals surface area contributed by atoms with Crippen molar-refractivity contribution in [3.05, 3.63) is 57.7 Å². The Morgan fingerprint density at radius 1 is 1.19 bits per heavy atom. The molecule has 0 spiro atoms. The lowest BCUT2D eigenvalue weighted by Crippen LogP contribution is -2.31. The highest BCUT2D eigenvalue weighted by Gasteiger charge is 2.18. The summed E-state index contributed by atoms with van der Waals surface area (Å²) in [6.07, 6.45) is 0.840. The maximum absolute atomic E-state index is 13.5. The Kier molecular flexibility index (Phi) is 4.37. The number of benzene rings is 1. The van der Waals surface area contributed by atoms with E-state index in [1.54, 1.807) is 0 Å². The number of carboxylic acid groups (broad SMARTS) is 1. The van der Waals surface area contributed by atoms with Gasteiger partial charge in [0.1, 0.15) is 28.9 Å². The zero-order valence-corrected chi connectivity index (χ0v) is 13.5. The quantitative estimate of drug-likeness (QED) is 0.730. The molecule has 0 bridgehead atoms. The van der Waals surface area contributed by atoms with Crippen molar-refractivity contribution in [1.29, 1.82) is 0 Å². The van der Waals surface area contributed by atoms with Crippen molar-refractivity contribution in [2.75, 3.05) is 0 Å². The van der Waals surface area contributed by atoms with Crippen molar-refractivity contribution < 1.29 is 23.8 Å². The van der Waals surface area contributed by atoms with Crippen LogP contribution < -0.4 is 10.6 Å². The summed E-state index contributed by atoms with van der Waals surface area (Å²) >= 11 is 0. The Morgan fingerprint density at radius 3 is 2.46 bits per heavy atom. The third-order valence-corrected chi connectivity index (χ3v) is 3.88. The van der Waals surface area contributed by atoms with Crippen LogP contribution in [0.4, 0.5) is 8.78 Å². The van der Waals surface area contributed by atoms with E-state index in [1.807, 2.05) is 0 Å². The summed E-state index contributed by atoms with van der Waals surface area (Å²) in [4.78, 5) is 27.4. The molecule has 0 aliphatic rings. The standard InChI is InChI=1S/C17H13F2N3O4/c1-8(17(25)26)2-13(23)15-14(24)6-12(22-16(15)20-7-21-22)9-3-10(18)5-11(19)4-9/h3-8,23H,2H2,1H3,(H,25,26)/b15-13-/t8-/m0/s1. The van der Waals surface area contributed by atoms with Crippen LogP contribution in [0.5, 0.6) is 0 Å². The van der Waals surface area contributed by atoms with Crippen molar-refractivity contribution in [3.8, 4) is 11.3 Å². The van der Waals surface area contributed by atoms with Gasteiger partial charge in [-0.15, -0.1) is 0 Å². The van der Waals surface area contributed by atoms with Crippen LogP contribution in [0.15, 0.2) is 35.4 Å². The molecule has 134 valence electrons. The molecule has 0 radical (unpaired) electrons. The number of rotatable bonds is 4. The molecule has 0 saturated heterocycles. The summed E-state index contributed by atoms with van der Waals surface area (Å²) in [5.74, 6) is -4.15. The number of aliphatic carboxylic acids is 1. The van der Waals surface area contributed by atoms with Gasteiger partial charge in [-0.1, -0.05) is 6.92 Å². The van der Waals surface area contributed by atoms with Crippen LogP contribution in [0.1, 0.15) is 13.3 Å². The number of carbonyl (C=O) groups is 1. The number of hydrogen-bond donors (Lipinski definition) is 2. The van der Waals surface area contributed by atoms with Crippen molar-refractivity contribution in [1.82, 2.24) is 14.6 Å². The summed E-state index contributed by atoms with van der Waals surface area (Å²) in [5.41, 5.74) is -0.545. The summed E-state index contributed by atoms with van der Waals surface area (Å²) in [7, 11) is 0. The molecular weight excluding hydrogens is 348 g/mol. The highest BCUT2D eigenvalue weighted by atomic mass is 19.1. The molecule has 7 nitrogen and oxygen atoms in total. The first kappa shape index (κ1) is 17.5. The molecule has 0 fully saturated rings. The Labute approximate surface area is 144 Å². The van der Waals surface area contributed by atoms with Crippen molar-refractivity contribution in [2.45, 2.75) is 13.3 Å². The second kappa shape index (κ2) is 6.51. The van der Waals surface area contributed by atoms with Gasteiger partial charge in [-0.3, -0.25) is 9.59 Å². The second-order valence-corrected chi connectivity index (χ2v) is 5.81. The molecule has 1 atom stereocenters. The maximum Gasteiger partial charge on any atom is 0.306 e. The van der Waals surface area contributed by atoms with Crippen LogP contribution in [-0.4, -0.2) is 30.8 Å². The van der Waals surface area contributed by atoms with E-state index in [1.165, 1.54) is 6.92 Å². The third-order valence-electron chi connectivity index (χ3n) is 3.88. The largest absolute Gasteiger partial charge is 0.511 e. The van der Waals surface area contributed by atoms with Gasteiger partial charge in [0, 0.05) is 24.1 Å². The zero-order chi connectivity index (χ0) is 19.0.